The first-order chi connectivity index (χ1) is 13.5. The molecule has 0 fully saturated rings. The van der Waals surface area contributed by atoms with Crippen molar-refractivity contribution in [2.45, 2.75) is 25.8 Å². The van der Waals surface area contributed by atoms with E-state index in [1.54, 1.807) is 23.1 Å². The number of nitrogens with zero attached hydrogens (tertiary/aromatic N) is 1. The summed E-state index contributed by atoms with van der Waals surface area (Å²) in [5.41, 5.74) is 3.02. The zero-order valence-electron chi connectivity index (χ0n) is 15.8. The molecule has 6 heteroatoms. The molecule has 0 aliphatic carbocycles. The number of fused-ring (bicyclic) bond motifs is 1. The Hall–Kier alpha value is -3.15. The van der Waals surface area contributed by atoms with Crippen LogP contribution >= 0.6 is 0 Å². The van der Waals surface area contributed by atoms with E-state index in [2.05, 4.69) is 0 Å². The maximum absolute atomic E-state index is 13.1. The van der Waals surface area contributed by atoms with Gasteiger partial charge in [-0.15, -0.1) is 0 Å². The molecular weight excluding hydrogens is 358 g/mol. The molecule has 0 bridgehead atoms. The van der Waals surface area contributed by atoms with Crippen LogP contribution in [0, 0.1) is 5.92 Å². The second-order valence-corrected chi connectivity index (χ2v) is 6.97. The number of esters is 1. The van der Waals surface area contributed by atoms with E-state index in [-0.39, 0.29) is 17.9 Å². The number of carboxylic acids is 1. The largest absolute Gasteiger partial charge is 0.478 e. The highest BCUT2D eigenvalue weighted by Gasteiger charge is 2.31. The third-order valence-corrected chi connectivity index (χ3v) is 5.10. The molecule has 0 unspecified atom stereocenters. The molecule has 0 aromatic heterocycles. The SMILES string of the molecule is COC(=O)C[C@H]1Cc2cc(C(=O)O)ccc2CN(CCc2ccccc2)C1=O. The van der Waals surface area contributed by atoms with Crippen molar-refractivity contribution < 1.29 is 24.2 Å². The Kier molecular flexibility index (Phi) is 6.09. The van der Waals surface area contributed by atoms with E-state index in [1.165, 1.54) is 7.11 Å². The van der Waals surface area contributed by atoms with Crippen molar-refractivity contribution in [3.05, 3.63) is 70.8 Å². The number of hydrogen-bond acceptors (Lipinski definition) is 4. The lowest BCUT2D eigenvalue weighted by molar-refractivity contribution is -0.146. The molecule has 2 aromatic rings. The third-order valence-electron chi connectivity index (χ3n) is 5.10. The molecule has 0 saturated heterocycles. The number of benzene rings is 2. The summed E-state index contributed by atoms with van der Waals surface area (Å²) in [6.07, 6.45) is 1.01. The summed E-state index contributed by atoms with van der Waals surface area (Å²) in [6, 6.07) is 14.8. The van der Waals surface area contributed by atoms with Crippen LogP contribution in [-0.4, -0.2) is 41.5 Å². The average molecular weight is 381 g/mol. The van der Waals surface area contributed by atoms with Gasteiger partial charge < -0.3 is 14.7 Å². The van der Waals surface area contributed by atoms with Gasteiger partial charge in [0.2, 0.25) is 5.91 Å². The molecule has 0 saturated carbocycles. The van der Waals surface area contributed by atoms with Crippen LogP contribution in [0.5, 0.6) is 0 Å². The van der Waals surface area contributed by atoms with Gasteiger partial charge in [-0.1, -0.05) is 36.4 Å². The lowest BCUT2D eigenvalue weighted by atomic mass is 9.93. The predicted molar refractivity (Wildman–Crippen MR) is 103 cm³/mol. The van der Waals surface area contributed by atoms with Gasteiger partial charge in [0.05, 0.1) is 25.0 Å². The van der Waals surface area contributed by atoms with Crippen molar-refractivity contribution >= 4 is 17.8 Å². The Morgan fingerprint density at radius 3 is 2.57 bits per heavy atom. The molecule has 28 heavy (non-hydrogen) atoms. The van der Waals surface area contributed by atoms with Gasteiger partial charge in [-0.3, -0.25) is 9.59 Å². The lowest BCUT2D eigenvalue weighted by Gasteiger charge is -2.24. The monoisotopic (exact) mass is 381 g/mol. The van der Waals surface area contributed by atoms with Crippen LogP contribution in [-0.2, 0) is 33.7 Å². The molecule has 1 aliphatic heterocycles. The fourth-order valence-corrected chi connectivity index (χ4v) is 3.54. The maximum atomic E-state index is 13.1. The number of methoxy groups -OCH3 is 1. The van der Waals surface area contributed by atoms with Crippen LogP contribution in [0.2, 0.25) is 0 Å². The van der Waals surface area contributed by atoms with Crippen molar-refractivity contribution in [1.82, 2.24) is 4.90 Å². The van der Waals surface area contributed by atoms with E-state index in [1.807, 2.05) is 30.3 Å². The van der Waals surface area contributed by atoms with Gasteiger partial charge in [0.15, 0.2) is 0 Å². The van der Waals surface area contributed by atoms with Gasteiger partial charge in [0.25, 0.3) is 0 Å². The third kappa shape index (κ3) is 4.57. The minimum Gasteiger partial charge on any atom is -0.478 e. The minimum atomic E-state index is -1.01. The quantitative estimate of drug-likeness (QED) is 0.778. The Labute approximate surface area is 163 Å². The number of hydrogen-bond donors (Lipinski definition) is 1. The molecule has 6 nitrogen and oxygen atoms in total. The van der Waals surface area contributed by atoms with E-state index in [0.29, 0.717) is 25.9 Å². The number of aromatic carboxylic acids is 1. The van der Waals surface area contributed by atoms with Crippen molar-refractivity contribution in [1.29, 1.82) is 0 Å². The summed E-state index contributed by atoms with van der Waals surface area (Å²) >= 11 is 0. The number of carbonyl (C=O) groups excluding carboxylic acids is 2. The van der Waals surface area contributed by atoms with Crippen LogP contribution in [0.25, 0.3) is 0 Å². The van der Waals surface area contributed by atoms with Crippen molar-refractivity contribution in [3.8, 4) is 0 Å². The summed E-state index contributed by atoms with van der Waals surface area (Å²) in [7, 11) is 1.30. The van der Waals surface area contributed by atoms with E-state index < -0.39 is 17.9 Å². The Balaban J connectivity index is 1.87. The molecule has 1 aliphatic rings. The minimum absolute atomic E-state index is 0.0199. The number of carboxylic acid groups (broad SMARTS) is 1. The van der Waals surface area contributed by atoms with E-state index >= 15 is 0 Å². The number of carbonyl (C=O) groups is 3. The van der Waals surface area contributed by atoms with Crippen LogP contribution in [0.1, 0.15) is 33.5 Å². The first-order valence-corrected chi connectivity index (χ1v) is 9.22. The summed E-state index contributed by atoms with van der Waals surface area (Å²) in [6.45, 7) is 0.930. The molecule has 1 N–H and O–H groups in total. The molecule has 1 atom stereocenters. The van der Waals surface area contributed by atoms with Gasteiger partial charge in [-0.25, -0.2) is 4.79 Å². The fourth-order valence-electron chi connectivity index (χ4n) is 3.54. The first kappa shape index (κ1) is 19.6. The van der Waals surface area contributed by atoms with Crippen LogP contribution in [0.3, 0.4) is 0 Å². The van der Waals surface area contributed by atoms with E-state index in [4.69, 9.17) is 4.74 Å². The van der Waals surface area contributed by atoms with Gasteiger partial charge in [-0.05, 0) is 41.7 Å². The van der Waals surface area contributed by atoms with Crippen molar-refractivity contribution in [3.63, 3.8) is 0 Å². The molecule has 0 radical (unpaired) electrons. The lowest BCUT2D eigenvalue weighted by Crippen LogP contribution is -2.37. The standard InChI is InChI=1S/C22H23NO5/c1-28-20(24)13-19-12-18-11-16(22(26)27)7-8-17(18)14-23(21(19)25)10-9-15-5-3-2-4-6-15/h2-8,11,19H,9-10,12-14H2,1H3,(H,26,27)/t19-/m1/s1. The highest BCUT2D eigenvalue weighted by atomic mass is 16.5. The summed E-state index contributed by atoms with van der Waals surface area (Å²) < 4.78 is 4.75. The van der Waals surface area contributed by atoms with Gasteiger partial charge in [0.1, 0.15) is 0 Å². The topological polar surface area (TPSA) is 83.9 Å². The Bertz CT molecular complexity index is 878. The zero-order valence-corrected chi connectivity index (χ0v) is 15.8. The van der Waals surface area contributed by atoms with E-state index in [0.717, 1.165) is 16.7 Å². The zero-order chi connectivity index (χ0) is 20.1. The van der Waals surface area contributed by atoms with Crippen molar-refractivity contribution in [2.75, 3.05) is 13.7 Å². The normalized spacial score (nSPS) is 16.2. The van der Waals surface area contributed by atoms with Gasteiger partial charge in [0, 0.05) is 13.1 Å². The maximum Gasteiger partial charge on any atom is 0.335 e. The molecule has 1 heterocycles. The molecule has 3 rings (SSSR count). The number of ether oxygens (including phenoxy) is 1. The molecular formula is C22H23NO5. The number of rotatable bonds is 6. The summed E-state index contributed by atoms with van der Waals surface area (Å²) in [4.78, 5) is 38.0. The molecule has 0 spiro atoms. The molecule has 2 aromatic carbocycles. The second kappa shape index (κ2) is 8.69. The second-order valence-electron chi connectivity index (χ2n) is 6.97. The fraction of sp³-hybridized carbons (Fsp3) is 0.318. The molecule has 1 amide bonds. The van der Waals surface area contributed by atoms with Gasteiger partial charge in [-0.2, -0.15) is 0 Å². The summed E-state index contributed by atoms with van der Waals surface area (Å²) in [5.74, 6) is -2.12. The Morgan fingerprint density at radius 2 is 1.89 bits per heavy atom. The predicted octanol–water partition coefficient (Wildman–Crippen LogP) is 2.69. The smallest absolute Gasteiger partial charge is 0.335 e. The average Bonchev–Trinajstić information content (AvgIpc) is 2.83. The summed E-state index contributed by atoms with van der Waals surface area (Å²) in [5, 5.41) is 9.27. The first-order valence-electron chi connectivity index (χ1n) is 9.22. The van der Waals surface area contributed by atoms with Gasteiger partial charge >= 0.3 is 11.9 Å². The van der Waals surface area contributed by atoms with Crippen LogP contribution < -0.4 is 0 Å². The highest BCUT2D eigenvalue weighted by molar-refractivity contribution is 5.88. The molecule has 146 valence electrons. The van der Waals surface area contributed by atoms with Crippen LogP contribution in [0.4, 0.5) is 0 Å². The van der Waals surface area contributed by atoms with Crippen molar-refractivity contribution in [2.24, 2.45) is 5.92 Å². The number of amides is 1. The Morgan fingerprint density at radius 1 is 1.14 bits per heavy atom. The van der Waals surface area contributed by atoms with E-state index in [9.17, 15) is 19.5 Å². The van der Waals surface area contributed by atoms with Crippen LogP contribution in [0.15, 0.2) is 48.5 Å². The highest BCUT2D eigenvalue weighted by Crippen LogP contribution is 2.26.